The number of ether oxygens (including phenoxy) is 1. The Balaban J connectivity index is 1.81. The van der Waals surface area contributed by atoms with Gasteiger partial charge in [-0.15, -0.1) is 0 Å². The Kier molecular flexibility index (Phi) is 5.08. The number of nitrogens with one attached hydrogen (secondary N) is 1. The maximum Gasteiger partial charge on any atom is 0.238 e. The summed E-state index contributed by atoms with van der Waals surface area (Å²) in [5.41, 5.74) is 1.56. The molecular formula is C15H13Cl2N3O3S2. The highest BCUT2D eigenvalue weighted by Crippen LogP contribution is 2.42. The van der Waals surface area contributed by atoms with Crippen molar-refractivity contribution in [3.63, 3.8) is 0 Å². The number of methoxy groups -OCH3 is 1. The third-order valence-electron chi connectivity index (χ3n) is 3.43. The van der Waals surface area contributed by atoms with Crippen LogP contribution in [0.25, 0.3) is 10.2 Å². The Morgan fingerprint density at radius 3 is 2.56 bits per heavy atom. The van der Waals surface area contributed by atoms with Crippen LogP contribution in [0.5, 0.6) is 5.75 Å². The van der Waals surface area contributed by atoms with Crippen LogP contribution in [0.15, 0.2) is 35.2 Å². The summed E-state index contributed by atoms with van der Waals surface area (Å²) in [4.78, 5) is 4.52. The number of fused-ring (bicyclic) bond motifs is 1. The van der Waals surface area contributed by atoms with Crippen molar-refractivity contribution in [1.82, 2.24) is 4.98 Å². The van der Waals surface area contributed by atoms with Gasteiger partial charge in [0.2, 0.25) is 10.0 Å². The lowest BCUT2D eigenvalue weighted by molar-refractivity contribution is 0.416. The molecule has 1 aromatic heterocycles. The fourth-order valence-corrected chi connectivity index (χ4v) is 4.32. The minimum absolute atomic E-state index is 0.0738. The van der Waals surface area contributed by atoms with E-state index in [1.54, 1.807) is 18.2 Å². The van der Waals surface area contributed by atoms with E-state index < -0.39 is 10.0 Å². The molecule has 3 aromatic rings. The van der Waals surface area contributed by atoms with Crippen molar-refractivity contribution in [2.45, 2.75) is 11.4 Å². The molecule has 0 atom stereocenters. The Morgan fingerprint density at radius 1 is 1.28 bits per heavy atom. The van der Waals surface area contributed by atoms with Crippen LogP contribution in [-0.2, 0) is 16.6 Å². The van der Waals surface area contributed by atoms with E-state index in [1.165, 1.54) is 30.6 Å². The molecule has 0 saturated heterocycles. The summed E-state index contributed by atoms with van der Waals surface area (Å²) < 4.78 is 28.5. The topological polar surface area (TPSA) is 94.3 Å². The van der Waals surface area contributed by atoms with Crippen LogP contribution in [0.3, 0.4) is 0 Å². The molecule has 0 fully saturated rings. The van der Waals surface area contributed by atoms with Crippen molar-refractivity contribution < 1.29 is 13.2 Å². The van der Waals surface area contributed by atoms with E-state index in [0.29, 0.717) is 33.0 Å². The van der Waals surface area contributed by atoms with E-state index in [-0.39, 0.29) is 4.90 Å². The zero-order valence-corrected chi connectivity index (χ0v) is 16.1. The van der Waals surface area contributed by atoms with Crippen LogP contribution in [0, 0.1) is 0 Å². The van der Waals surface area contributed by atoms with Gasteiger partial charge in [-0.1, -0.05) is 46.7 Å². The summed E-state index contributed by atoms with van der Waals surface area (Å²) >= 11 is 13.8. The molecule has 0 bridgehead atoms. The van der Waals surface area contributed by atoms with Gasteiger partial charge in [0.05, 0.1) is 27.2 Å². The van der Waals surface area contributed by atoms with Crippen LogP contribution < -0.4 is 15.2 Å². The number of thiazole rings is 1. The molecule has 0 aliphatic carbocycles. The van der Waals surface area contributed by atoms with Gasteiger partial charge < -0.3 is 10.1 Å². The lowest BCUT2D eigenvalue weighted by Gasteiger charge is -2.04. The summed E-state index contributed by atoms with van der Waals surface area (Å²) in [5, 5.41) is 9.74. The molecule has 1 heterocycles. The van der Waals surface area contributed by atoms with Gasteiger partial charge in [-0.2, -0.15) is 0 Å². The standard InChI is InChI=1S/C15H13Cl2N3O3S2/c1-23-13-10(16)6-11-14(12(13)17)24-15(20-11)19-7-8-2-4-9(5-3-8)25(18,21)22/h2-6H,7H2,1H3,(H,19,20)(H2,18,21,22). The first kappa shape index (κ1) is 18.2. The number of benzene rings is 2. The molecule has 0 aliphatic heterocycles. The highest BCUT2D eigenvalue weighted by molar-refractivity contribution is 7.89. The summed E-state index contributed by atoms with van der Waals surface area (Å²) in [6.07, 6.45) is 0. The molecule has 2 aromatic carbocycles. The summed E-state index contributed by atoms with van der Waals surface area (Å²) in [6, 6.07) is 8.00. The number of sulfonamides is 1. The molecule has 6 nitrogen and oxygen atoms in total. The van der Waals surface area contributed by atoms with E-state index >= 15 is 0 Å². The monoisotopic (exact) mass is 417 g/mol. The zero-order chi connectivity index (χ0) is 18.2. The second kappa shape index (κ2) is 6.97. The smallest absolute Gasteiger partial charge is 0.238 e. The van der Waals surface area contributed by atoms with Crippen molar-refractivity contribution in [2.75, 3.05) is 12.4 Å². The van der Waals surface area contributed by atoms with Gasteiger partial charge in [0.15, 0.2) is 10.9 Å². The maximum atomic E-state index is 11.3. The highest BCUT2D eigenvalue weighted by atomic mass is 35.5. The number of primary sulfonamides is 1. The number of hydrogen-bond acceptors (Lipinski definition) is 6. The molecule has 132 valence electrons. The fourth-order valence-electron chi connectivity index (χ4n) is 2.22. The Labute approximate surface area is 158 Å². The lowest BCUT2D eigenvalue weighted by atomic mass is 10.2. The van der Waals surface area contributed by atoms with Gasteiger partial charge >= 0.3 is 0 Å². The third kappa shape index (κ3) is 3.83. The number of anilines is 1. The molecule has 3 N–H and O–H groups in total. The number of hydrogen-bond donors (Lipinski definition) is 2. The molecule has 0 radical (unpaired) electrons. The zero-order valence-electron chi connectivity index (χ0n) is 12.9. The Morgan fingerprint density at radius 2 is 1.96 bits per heavy atom. The van der Waals surface area contributed by atoms with Crippen molar-refractivity contribution in [2.24, 2.45) is 5.14 Å². The second-order valence-electron chi connectivity index (χ2n) is 5.12. The van der Waals surface area contributed by atoms with Crippen LogP contribution in [0.2, 0.25) is 10.0 Å². The first-order valence-electron chi connectivity index (χ1n) is 6.97. The quantitative estimate of drug-likeness (QED) is 0.656. The van der Waals surface area contributed by atoms with Gasteiger partial charge in [0.1, 0.15) is 5.02 Å². The number of nitrogens with zero attached hydrogens (tertiary/aromatic N) is 1. The van der Waals surface area contributed by atoms with Crippen LogP contribution in [0.4, 0.5) is 5.13 Å². The normalized spacial score (nSPS) is 11.7. The van der Waals surface area contributed by atoms with E-state index in [9.17, 15) is 8.42 Å². The van der Waals surface area contributed by atoms with Crippen molar-refractivity contribution in [3.05, 3.63) is 45.9 Å². The van der Waals surface area contributed by atoms with Crippen molar-refractivity contribution in [1.29, 1.82) is 0 Å². The first-order valence-corrected chi connectivity index (χ1v) is 10.1. The number of halogens is 2. The summed E-state index contributed by atoms with van der Waals surface area (Å²) in [7, 11) is -2.18. The molecule has 10 heteroatoms. The van der Waals surface area contributed by atoms with E-state index in [0.717, 1.165) is 10.3 Å². The molecule has 25 heavy (non-hydrogen) atoms. The fraction of sp³-hybridized carbons (Fsp3) is 0.133. The van der Waals surface area contributed by atoms with E-state index in [2.05, 4.69) is 10.3 Å². The van der Waals surface area contributed by atoms with E-state index in [1.807, 2.05) is 0 Å². The highest BCUT2D eigenvalue weighted by Gasteiger charge is 2.15. The van der Waals surface area contributed by atoms with Crippen molar-refractivity contribution in [3.8, 4) is 5.75 Å². The minimum atomic E-state index is -3.69. The molecule has 3 rings (SSSR count). The summed E-state index contributed by atoms with van der Waals surface area (Å²) in [6.45, 7) is 0.465. The molecule has 0 spiro atoms. The summed E-state index contributed by atoms with van der Waals surface area (Å²) in [5.74, 6) is 0.421. The number of aromatic nitrogens is 1. The molecule has 0 amide bonds. The largest absolute Gasteiger partial charge is 0.494 e. The maximum absolute atomic E-state index is 11.3. The predicted octanol–water partition coefficient (Wildman–Crippen LogP) is 3.87. The molecular weight excluding hydrogens is 405 g/mol. The molecule has 0 aliphatic rings. The first-order chi connectivity index (χ1) is 11.8. The van der Waals surface area contributed by atoms with E-state index in [4.69, 9.17) is 33.1 Å². The van der Waals surface area contributed by atoms with Crippen LogP contribution in [-0.4, -0.2) is 20.5 Å². The van der Waals surface area contributed by atoms with Crippen LogP contribution >= 0.6 is 34.5 Å². The van der Waals surface area contributed by atoms with Gasteiger partial charge in [0.25, 0.3) is 0 Å². The molecule has 0 unspecified atom stereocenters. The second-order valence-corrected chi connectivity index (χ2v) is 8.46. The average Bonchev–Trinajstić information content (AvgIpc) is 2.96. The number of nitrogens with two attached hydrogens (primary N) is 1. The Bertz CT molecular complexity index is 1030. The lowest BCUT2D eigenvalue weighted by Crippen LogP contribution is -2.12. The van der Waals surface area contributed by atoms with Gasteiger partial charge in [-0.05, 0) is 23.8 Å². The average molecular weight is 418 g/mol. The van der Waals surface area contributed by atoms with Gasteiger partial charge in [-0.25, -0.2) is 18.5 Å². The SMILES string of the molecule is COc1c(Cl)cc2nc(NCc3ccc(S(N)(=O)=O)cc3)sc2c1Cl. The van der Waals surface area contributed by atoms with Crippen LogP contribution in [0.1, 0.15) is 5.56 Å². The third-order valence-corrected chi connectivity index (χ3v) is 6.16. The number of rotatable bonds is 5. The molecule has 0 saturated carbocycles. The predicted molar refractivity (Wildman–Crippen MR) is 101 cm³/mol. The van der Waals surface area contributed by atoms with Gasteiger partial charge in [0, 0.05) is 6.54 Å². The van der Waals surface area contributed by atoms with Gasteiger partial charge in [-0.3, -0.25) is 0 Å². The minimum Gasteiger partial charge on any atom is -0.494 e. The Hall–Kier alpha value is -1.58. The van der Waals surface area contributed by atoms with Crippen molar-refractivity contribution >= 4 is 59.9 Å².